The minimum absolute atomic E-state index is 0.448. The Morgan fingerprint density at radius 3 is 2.74 bits per heavy atom. The van der Waals surface area contributed by atoms with Crippen molar-refractivity contribution in [2.75, 3.05) is 0 Å². The summed E-state index contributed by atoms with van der Waals surface area (Å²) in [5.74, 6) is -1.31. The summed E-state index contributed by atoms with van der Waals surface area (Å²) in [6.45, 7) is 0. The smallest absolute Gasteiger partial charge is 0.261 e. The number of benzene rings is 1. The van der Waals surface area contributed by atoms with Crippen LogP contribution in [0.15, 0.2) is 53.8 Å². The first-order valence-corrected chi connectivity index (χ1v) is 5.72. The number of hydrogen-bond donors (Lipinski definition) is 2. The van der Waals surface area contributed by atoms with E-state index in [2.05, 4.69) is 15.5 Å². The van der Waals surface area contributed by atoms with Crippen molar-refractivity contribution < 1.29 is 4.79 Å². The summed E-state index contributed by atoms with van der Waals surface area (Å²) < 4.78 is 0. The van der Waals surface area contributed by atoms with Crippen molar-refractivity contribution in [1.82, 2.24) is 10.4 Å². The molecule has 1 aromatic carbocycles. The van der Waals surface area contributed by atoms with E-state index in [0.29, 0.717) is 5.56 Å². The number of hydrazone groups is 1. The number of nitrogens with zero attached hydrogens (tertiary/aromatic N) is 2. The van der Waals surface area contributed by atoms with Crippen LogP contribution in [0.3, 0.4) is 0 Å². The van der Waals surface area contributed by atoms with E-state index in [4.69, 9.17) is 5.26 Å². The number of hydrogen-bond acceptors (Lipinski definition) is 3. The number of amides is 1. The van der Waals surface area contributed by atoms with Crippen molar-refractivity contribution in [3.63, 3.8) is 0 Å². The number of aromatic nitrogens is 1. The van der Waals surface area contributed by atoms with Crippen molar-refractivity contribution in [2.24, 2.45) is 5.10 Å². The zero-order chi connectivity index (χ0) is 13.5. The summed E-state index contributed by atoms with van der Waals surface area (Å²) in [5, 5.41) is 12.9. The largest absolute Gasteiger partial charge is 0.360 e. The van der Waals surface area contributed by atoms with Gasteiger partial charge in [-0.25, -0.2) is 5.43 Å². The third-order valence-electron chi connectivity index (χ3n) is 2.52. The molecule has 0 radical (unpaired) electrons. The molecule has 5 heteroatoms. The van der Waals surface area contributed by atoms with Gasteiger partial charge in [-0.15, -0.1) is 0 Å². The SMILES string of the molecule is N#C[C@H](C(=O)N/N=C\c1ccc[nH]1)c1ccccc1. The Bertz CT molecular complexity index is 596. The summed E-state index contributed by atoms with van der Waals surface area (Å²) in [7, 11) is 0. The Morgan fingerprint density at radius 2 is 2.11 bits per heavy atom. The van der Waals surface area contributed by atoms with Gasteiger partial charge in [0, 0.05) is 6.20 Å². The van der Waals surface area contributed by atoms with Gasteiger partial charge in [-0.2, -0.15) is 10.4 Å². The molecule has 19 heavy (non-hydrogen) atoms. The molecular formula is C14H12N4O. The van der Waals surface area contributed by atoms with Gasteiger partial charge in [0.05, 0.1) is 18.0 Å². The molecule has 0 aliphatic rings. The zero-order valence-corrected chi connectivity index (χ0v) is 10.1. The molecule has 2 aromatic rings. The van der Waals surface area contributed by atoms with E-state index in [1.165, 1.54) is 6.21 Å². The third kappa shape index (κ3) is 3.30. The van der Waals surface area contributed by atoms with E-state index in [9.17, 15) is 4.79 Å². The van der Waals surface area contributed by atoms with Crippen molar-refractivity contribution in [2.45, 2.75) is 5.92 Å². The predicted octanol–water partition coefficient (Wildman–Crippen LogP) is 1.77. The molecule has 1 amide bonds. The number of nitriles is 1. The summed E-state index contributed by atoms with van der Waals surface area (Å²) >= 11 is 0. The number of nitrogens with one attached hydrogen (secondary N) is 2. The Hall–Kier alpha value is -2.87. The molecule has 94 valence electrons. The Labute approximate surface area is 110 Å². The molecule has 0 aliphatic heterocycles. The molecule has 0 fully saturated rings. The molecule has 0 spiro atoms. The van der Waals surface area contributed by atoms with Crippen LogP contribution in [0.2, 0.25) is 0 Å². The van der Waals surface area contributed by atoms with Crippen LogP contribution in [0.5, 0.6) is 0 Å². The normalized spacial score (nSPS) is 11.9. The molecule has 5 nitrogen and oxygen atoms in total. The molecule has 2 N–H and O–H groups in total. The van der Waals surface area contributed by atoms with E-state index in [1.54, 1.807) is 30.5 Å². The first-order chi connectivity index (χ1) is 9.31. The van der Waals surface area contributed by atoms with Crippen molar-refractivity contribution >= 4 is 12.1 Å². The second-order valence-corrected chi connectivity index (χ2v) is 3.83. The number of H-pyrrole nitrogens is 1. The summed E-state index contributed by atoms with van der Waals surface area (Å²) in [6, 6.07) is 14.5. The average molecular weight is 252 g/mol. The highest BCUT2D eigenvalue weighted by Crippen LogP contribution is 2.14. The average Bonchev–Trinajstić information content (AvgIpc) is 2.94. The van der Waals surface area contributed by atoms with Gasteiger partial charge in [0.15, 0.2) is 5.92 Å². The van der Waals surface area contributed by atoms with Crippen LogP contribution in [0.1, 0.15) is 17.2 Å². The number of aromatic amines is 1. The van der Waals surface area contributed by atoms with Crippen LogP contribution in [-0.4, -0.2) is 17.1 Å². The molecular weight excluding hydrogens is 240 g/mol. The monoisotopic (exact) mass is 252 g/mol. The lowest BCUT2D eigenvalue weighted by Crippen LogP contribution is -2.24. The van der Waals surface area contributed by atoms with Gasteiger partial charge in [0.1, 0.15) is 0 Å². The van der Waals surface area contributed by atoms with Crippen LogP contribution >= 0.6 is 0 Å². The lowest BCUT2D eigenvalue weighted by atomic mass is 10.0. The molecule has 0 unspecified atom stereocenters. The minimum Gasteiger partial charge on any atom is -0.360 e. The van der Waals surface area contributed by atoms with E-state index < -0.39 is 11.8 Å². The van der Waals surface area contributed by atoms with Crippen LogP contribution in [0, 0.1) is 11.3 Å². The quantitative estimate of drug-likeness (QED) is 0.642. The van der Waals surface area contributed by atoms with E-state index in [1.807, 2.05) is 24.3 Å². The molecule has 0 saturated heterocycles. The van der Waals surface area contributed by atoms with E-state index in [-0.39, 0.29) is 0 Å². The van der Waals surface area contributed by atoms with E-state index in [0.717, 1.165) is 5.69 Å². The predicted molar refractivity (Wildman–Crippen MR) is 71.3 cm³/mol. The lowest BCUT2D eigenvalue weighted by molar-refractivity contribution is -0.121. The zero-order valence-electron chi connectivity index (χ0n) is 10.1. The van der Waals surface area contributed by atoms with Gasteiger partial charge < -0.3 is 4.98 Å². The van der Waals surface area contributed by atoms with Crippen molar-refractivity contribution in [3.8, 4) is 6.07 Å². The van der Waals surface area contributed by atoms with Crippen molar-refractivity contribution in [1.29, 1.82) is 5.26 Å². The maximum atomic E-state index is 11.8. The number of rotatable bonds is 4. The van der Waals surface area contributed by atoms with Gasteiger partial charge >= 0.3 is 0 Å². The van der Waals surface area contributed by atoms with E-state index >= 15 is 0 Å². The highest BCUT2D eigenvalue weighted by molar-refractivity contribution is 5.87. The fourth-order valence-corrected chi connectivity index (χ4v) is 1.58. The van der Waals surface area contributed by atoms with Gasteiger partial charge in [-0.05, 0) is 17.7 Å². The summed E-state index contributed by atoms with van der Waals surface area (Å²) in [6.07, 6.45) is 3.24. The maximum Gasteiger partial charge on any atom is 0.261 e. The molecule has 1 aromatic heterocycles. The highest BCUT2D eigenvalue weighted by Gasteiger charge is 2.19. The highest BCUT2D eigenvalue weighted by atomic mass is 16.2. The molecule has 1 atom stereocenters. The number of carbonyl (C=O) groups is 1. The first-order valence-electron chi connectivity index (χ1n) is 5.72. The topological polar surface area (TPSA) is 81.0 Å². The molecule has 0 aliphatic carbocycles. The summed E-state index contributed by atoms with van der Waals surface area (Å²) in [5.41, 5.74) is 3.78. The molecule has 0 saturated carbocycles. The second kappa shape index (κ2) is 6.17. The van der Waals surface area contributed by atoms with Crippen LogP contribution in [0.25, 0.3) is 0 Å². The van der Waals surface area contributed by atoms with Crippen LogP contribution in [-0.2, 0) is 4.79 Å². The molecule has 0 bridgehead atoms. The molecule has 1 heterocycles. The van der Waals surface area contributed by atoms with Gasteiger partial charge in [-0.1, -0.05) is 30.3 Å². The maximum absolute atomic E-state index is 11.8. The Kier molecular flexibility index (Phi) is 4.09. The summed E-state index contributed by atoms with van der Waals surface area (Å²) in [4.78, 5) is 14.8. The van der Waals surface area contributed by atoms with Gasteiger partial charge in [0.2, 0.25) is 0 Å². The Morgan fingerprint density at radius 1 is 1.32 bits per heavy atom. The first kappa shape index (κ1) is 12.6. The molecule has 2 rings (SSSR count). The Balaban J connectivity index is 2.01. The lowest BCUT2D eigenvalue weighted by Gasteiger charge is -2.06. The van der Waals surface area contributed by atoms with Crippen molar-refractivity contribution in [3.05, 3.63) is 59.9 Å². The number of carbonyl (C=O) groups excluding carboxylic acids is 1. The standard InChI is InChI=1S/C14H12N4O/c15-9-13(11-5-2-1-3-6-11)14(19)18-17-10-12-7-4-8-16-12/h1-8,10,13,16H,(H,18,19)/b17-10-/t13-/m0/s1. The van der Waals surface area contributed by atoms with Crippen LogP contribution in [0.4, 0.5) is 0 Å². The third-order valence-corrected chi connectivity index (χ3v) is 2.52. The second-order valence-electron chi connectivity index (χ2n) is 3.83. The fraction of sp³-hybridized carbons (Fsp3) is 0.0714. The van der Waals surface area contributed by atoms with Gasteiger partial charge in [-0.3, -0.25) is 4.79 Å². The van der Waals surface area contributed by atoms with Gasteiger partial charge in [0.25, 0.3) is 5.91 Å². The fourth-order valence-electron chi connectivity index (χ4n) is 1.58. The van der Waals surface area contributed by atoms with Crippen LogP contribution < -0.4 is 5.43 Å². The minimum atomic E-state index is -0.859.